The molecule has 114 valence electrons. The fraction of sp³-hybridized carbons (Fsp3) is 0.0556. The number of H-pyrrole nitrogens is 1. The summed E-state index contributed by atoms with van der Waals surface area (Å²) in [5.74, 6) is -0.0226. The Hall–Kier alpha value is -2.79. The van der Waals surface area contributed by atoms with E-state index in [0.717, 1.165) is 10.9 Å². The van der Waals surface area contributed by atoms with Gasteiger partial charge in [-0.15, -0.1) is 11.3 Å². The Kier molecular flexibility index (Phi) is 3.28. The van der Waals surface area contributed by atoms with Gasteiger partial charge in [0.1, 0.15) is 5.00 Å². The van der Waals surface area contributed by atoms with Crippen LogP contribution in [0, 0.1) is 0 Å². The summed E-state index contributed by atoms with van der Waals surface area (Å²) in [7, 11) is 0. The molecule has 2 N–H and O–H groups in total. The summed E-state index contributed by atoms with van der Waals surface area (Å²) in [6, 6.07) is 17.9. The second-order valence-electron chi connectivity index (χ2n) is 5.38. The van der Waals surface area contributed by atoms with Crippen LogP contribution in [0.1, 0.15) is 11.3 Å². The number of aromatic nitrogens is 2. The molecule has 0 aliphatic heterocycles. The van der Waals surface area contributed by atoms with Crippen LogP contribution in [-0.4, -0.2) is 14.7 Å². The zero-order valence-corrected chi connectivity index (χ0v) is 13.0. The number of nitrogens with zero attached hydrogens (tertiary/aromatic N) is 1. The van der Waals surface area contributed by atoms with Crippen molar-refractivity contribution >= 4 is 22.1 Å². The molecule has 0 radical (unpaired) electrons. The third-order valence-electron chi connectivity index (χ3n) is 3.86. The molecular weight excluding hydrogens is 308 g/mol. The smallest absolute Gasteiger partial charge is 0.333 e. The quantitative estimate of drug-likeness (QED) is 0.604. The van der Waals surface area contributed by atoms with Crippen molar-refractivity contribution in [1.29, 1.82) is 0 Å². The van der Waals surface area contributed by atoms with Crippen molar-refractivity contribution in [3.8, 4) is 10.9 Å². The van der Waals surface area contributed by atoms with Gasteiger partial charge in [0.2, 0.25) is 5.88 Å². The van der Waals surface area contributed by atoms with E-state index in [4.69, 9.17) is 0 Å². The molecule has 4 rings (SSSR count). The number of fused-ring (bicyclic) bond motifs is 1. The van der Waals surface area contributed by atoms with E-state index in [1.807, 2.05) is 29.6 Å². The Morgan fingerprint density at radius 2 is 1.87 bits per heavy atom. The zero-order valence-electron chi connectivity index (χ0n) is 12.2. The van der Waals surface area contributed by atoms with Crippen LogP contribution in [0.25, 0.3) is 15.8 Å². The number of benzene rings is 2. The lowest BCUT2D eigenvalue weighted by molar-refractivity contribution is 0.436. The molecule has 2 heterocycles. The highest BCUT2D eigenvalue weighted by Gasteiger charge is 2.15. The summed E-state index contributed by atoms with van der Waals surface area (Å²) in [4.78, 5) is 14.9. The number of nitrogens with one attached hydrogen (secondary N) is 1. The van der Waals surface area contributed by atoms with Crippen molar-refractivity contribution in [2.75, 3.05) is 0 Å². The highest BCUT2D eigenvalue weighted by Crippen LogP contribution is 2.24. The third-order valence-corrected chi connectivity index (χ3v) is 4.72. The van der Waals surface area contributed by atoms with E-state index in [1.54, 1.807) is 6.07 Å². The van der Waals surface area contributed by atoms with E-state index in [9.17, 15) is 9.90 Å². The molecule has 0 spiro atoms. The molecule has 2 aromatic carbocycles. The van der Waals surface area contributed by atoms with Crippen molar-refractivity contribution in [2.24, 2.45) is 0 Å². The second kappa shape index (κ2) is 5.44. The summed E-state index contributed by atoms with van der Waals surface area (Å²) in [5, 5.41) is 15.3. The maximum atomic E-state index is 12.1. The molecule has 4 nitrogen and oxygen atoms in total. The predicted octanol–water partition coefficient (Wildman–Crippen LogP) is 3.68. The molecule has 4 aromatic rings. The first-order chi connectivity index (χ1) is 11.2. The molecular formula is C18H14N2O2S. The monoisotopic (exact) mass is 322 g/mol. The van der Waals surface area contributed by atoms with E-state index in [-0.39, 0.29) is 11.6 Å². The first-order valence-electron chi connectivity index (χ1n) is 7.27. The van der Waals surface area contributed by atoms with E-state index < -0.39 is 0 Å². The highest BCUT2D eigenvalue weighted by molar-refractivity contribution is 7.12. The molecule has 0 fully saturated rings. The standard InChI is InChI=1S/C18H14N2O2S/c21-17-15(19-18(22)20(17)16-6-3-9-23-16)11-12-7-8-13-4-1-2-5-14(13)10-12/h1-10,21H,11H2,(H,19,22). The van der Waals surface area contributed by atoms with Gasteiger partial charge < -0.3 is 10.1 Å². The third kappa shape index (κ3) is 2.45. The van der Waals surface area contributed by atoms with Gasteiger partial charge in [-0.3, -0.25) is 0 Å². The van der Waals surface area contributed by atoms with E-state index >= 15 is 0 Å². The summed E-state index contributed by atoms with van der Waals surface area (Å²) >= 11 is 1.41. The molecule has 0 unspecified atom stereocenters. The van der Waals surface area contributed by atoms with Gasteiger partial charge in [0.25, 0.3) is 0 Å². The number of thiophene rings is 1. The van der Waals surface area contributed by atoms with E-state index in [0.29, 0.717) is 17.1 Å². The lowest BCUT2D eigenvalue weighted by Gasteiger charge is -2.04. The van der Waals surface area contributed by atoms with Gasteiger partial charge in [-0.1, -0.05) is 42.5 Å². The van der Waals surface area contributed by atoms with Crippen LogP contribution < -0.4 is 5.69 Å². The summed E-state index contributed by atoms with van der Waals surface area (Å²) in [6.07, 6.45) is 0.476. The van der Waals surface area contributed by atoms with Gasteiger partial charge in [0, 0.05) is 6.42 Å². The lowest BCUT2D eigenvalue weighted by Crippen LogP contribution is -2.13. The van der Waals surface area contributed by atoms with E-state index in [2.05, 4.69) is 29.2 Å². The molecule has 0 saturated heterocycles. The molecule has 0 aliphatic carbocycles. The molecule has 0 bridgehead atoms. The Labute approximate surface area is 136 Å². The van der Waals surface area contributed by atoms with Crippen LogP contribution in [0.15, 0.2) is 64.8 Å². The SMILES string of the molecule is O=c1[nH]c(Cc2ccc3ccccc3c2)c(O)n1-c1cccs1. The number of aromatic hydroxyl groups is 1. The van der Waals surface area contributed by atoms with E-state index in [1.165, 1.54) is 21.3 Å². The lowest BCUT2D eigenvalue weighted by atomic mass is 10.0. The zero-order chi connectivity index (χ0) is 15.8. The topological polar surface area (TPSA) is 58.0 Å². The summed E-state index contributed by atoms with van der Waals surface area (Å²) in [5.41, 5.74) is 1.25. The number of aromatic amines is 1. The first-order valence-corrected chi connectivity index (χ1v) is 8.15. The Bertz CT molecular complexity index is 1030. The van der Waals surface area contributed by atoms with Gasteiger partial charge >= 0.3 is 5.69 Å². The maximum absolute atomic E-state index is 12.1. The fourth-order valence-corrected chi connectivity index (χ4v) is 3.48. The molecule has 5 heteroatoms. The molecule has 0 atom stereocenters. The van der Waals surface area contributed by atoms with Crippen LogP contribution in [-0.2, 0) is 6.42 Å². The van der Waals surface area contributed by atoms with Gasteiger partial charge in [0.15, 0.2) is 0 Å². The highest BCUT2D eigenvalue weighted by atomic mass is 32.1. The second-order valence-corrected chi connectivity index (χ2v) is 6.30. The minimum Gasteiger partial charge on any atom is -0.493 e. The van der Waals surface area contributed by atoms with Crippen LogP contribution >= 0.6 is 11.3 Å². The number of rotatable bonds is 3. The largest absolute Gasteiger partial charge is 0.493 e. The fourth-order valence-electron chi connectivity index (χ4n) is 2.75. The van der Waals surface area contributed by atoms with Crippen LogP contribution in [0.4, 0.5) is 0 Å². The van der Waals surface area contributed by atoms with Gasteiger partial charge in [0.05, 0.1) is 5.69 Å². The van der Waals surface area contributed by atoms with Gasteiger partial charge in [-0.25, -0.2) is 9.36 Å². The Morgan fingerprint density at radius 1 is 1.04 bits per heavy atom. The molecule has 0 saturated carbocycles. The predicted molar refractivity (Wildman–Crippen MR) is 92.7 cm³/mol. The molecule has 2 aromatic heterocycles. The normalized spacial score (nSPS) is 11.1. The minimum atomic E-state index is -0.319. The average Bonchev–Trinajstić information content (AvgIpc) is 3.16. The van der Waals surface area contributed by atoms with Crippen LogP contribution in [0.3, 0.4) is 0 Å². The minimum absolute atomic E-state index is 0.0226. The van der Waals surface area contributed by atoms with Crippen molar-refractivity contribution in [3.63, 3.8) is 0 Å². The molecule has 0 amide bonds. The average molecular weight is 322 g/mol. The Morgan fingerprint density at radius 3 is 2.65 bits per heavy atom. The number of imidazole rings is 1. The van der Waals surface area contributed by atoms with Crippen molar-refractivity contribution in [3.05, 3.63) is 81.7 Å². The number of hydrogen-bond acceptors (Lipinski definition) is 3. The first kappa shape index (κ1) is 13.8. The maximum Gasteiger partial charge on any atom is 0.333 e. The number of hydrogen-bond donors (Lipinski definition) is 2. The van der Waals surface area contributed by atoms with Crippen LogP contribution in [0.2, 0.25) is 0 Å². The van der Waals surface area contributed by atoms with Crippen molar-refractivity contribution in [2.45, 2.75) is 6.42 Å². The van der Waals surface area contributed by atoms with Gasteiger partial charge in [-0.05, 0) is 33.8 Å². The van der Waals surface area contributed by atoms with Crippen LogP contribution in [0.5, 0.6) is 5.88 Å². The summed E-state index contributed by atoms with van der Waals surface area (Å²) in [6.45, 7) is 0. The molecule has 0 aliphatic rings. The Balaban J connectivity index is 1.74. The van der Waals surface area contributed by atoms with Crippen molar-refractivity contribution < 1.29 is 5.11 Å². The van der Waals surface area contributed by atoms with Gasteiger partial charge in [-0.2, -0.15) is 0 Å². The van der Waals surface area contributed by atoms with Crippen molar-refractivity contribution in [1.82, 2.24) is 9.55 Å². The molecule has 23 heavy (non-hydrogen) atoms. The summed E-state index contributed by atoms with van der Waals surface area (Å²) < 4.78 is 1.31.